The highest BCUT2D eigenvalue weighted by Crippen LogP contribution is 2.23. The summed E-state index contributed by atoms with van der Waals surface area (Å²) < 4.78 is 28.0. The maximum atomic E-state index is 12.8. The molecule has 0 spiro atoms. The van der Waals surface area contributed by atoms with Gasteiger partial charge in [-0.2, -0.15) is 0 Å². The zero-order valence-corrected chi connectivity index (χ0v) is 15.4. The summed E-state index contributed by atoms with van der Waals surface area (Å²) in [7, 11) is -3.82. The van der Waals surface area contributed by atoms with E-state index in [9.17, 15) is 13.2 Å². The SMILES string of the molecule is Cc1ccc(C(=O)N2CCCC2)cc1S(=O)(=O)Nc1cccc(Cl)c1. The van der Waals surface area contributed by atoms with Gasteiger partial charge in [-0.05, 0) is 55.7 Å². The number of aryl methyl sites for hydroxylation is 1. The molecule has 2 aromatic carbocycles. The monoisotopic (exact) mass is 378 g/mol. The molecule has 1 N–H and O–H groups in total. The summed E-state index contributed by atoms with van der Waals surface area (Å²) in [5, 5.41) is 0.440. The van der Waals surface area contributed by atoms with Crippen molar-refractivity contribution in [1.82, 2.24) is 4.90 Å². The Kier molecular flexibility index (Phi) is 5.01. The van der Waals surface area contributed by atoms with Crippen molar-refractivity contribution in [2.45, 2.75) is 24.7 Å². The van der Waals surface area contributed by atoms with Crippen molar-refractivity contribution in [2.24, 2.45) is 0 Å². The van der Waals surface area contributed by atoms with Crippen molar-refractivity contribution in [2.75, 3.05) is 17.8 Å². The van der Waals surface area contributed by atoms with Crippen LogP contribution in [0.25, 0.3) is 0 Å². The van der Waals surface area contributed by atoms with E-state index in [2.05, 4.69) is 4.72 Å². The molecule has 0 saturated carbocycles. The number of anilines is 1. The molecule has 0 bridgehead atoms. The lowest BCUT2D eigenvalue weighted by atomic mass is 10.1. The highest BCUT2D eigenvalue weighted by Gasteiger charge is 2.23. The van der Waals surface area contributed by atoms with Gasteiger partial charge < -0.3 is 4.90 Å². The minimum atomic E-state index is -3.82. The maximum absolute atomic E-state index is 12.8. The van der Waals surface area contributed by atoms with Crippen molar-refractivity contribution in [3.8, 4) is 0 Å². The first-order valence-corrected chi connectivity index (χ1v) is 9.91. The fourth-order valence-corrected chi connectivity index (χ4v) is 4.40. The summed E-state index contributed by atoms with van der Waals surface area (Å²) in [5.74, 6) is -0.128. The van der Waals surface area contributed by atoms with E-state index in [-0.39, 0.29) is 10.8 Å². The van der Waals surface area contributed by atoms with E-state index in [0.717, 1.165) is 25.9 Å². The molecule has 1 aliphatic rings. The molecular weight excluding hydrogens is 360 g/mol. The Morgan fingerprint density at radius 2 is 1.84 bits per heavy atom. The average molecular weight is 379 g/mol. The summed E-state index contributed by atoms with van der Waals surface area (Å²) >= 11 is 5.91. The highest BCUT2D eigenvalue weighted by atomic mass is 35.5. The van der Waals surface area contributed by atoms with Gasteiger partial charge in [0.1, 0.15) is 0 Å². The van der Waals surface area contributed by atoms with Gasteiger partial charge >= 0.3 is 0 Å². The standard InChI is InChI=1S/C18H19ClN2O3S/c1-13-7-8-14(18(22)21-9-2-3-10-21)11-17(13)25(23,24)20-16-6-4-5-15(19)12-16/h4-8,11-12,20H,2-3,9-10H2,1H3. The summed E-state index contributed by atoms with van der Waals surface area (Å²) in [6.45, 7) is 3.14. The topological polar surface area (TPSA) is 66.5 Å². The van der Waals surface area contributed by atoms with Crippen molar-refractivity contribution < 1.29 is 13.2 Å². The van der Waals surface area contributed by atoms with Gasteiger partial charge in [-0.25, -0.2) is 8.42 Å². The molecule has 0 aromatic heterocycles. The number of hydrogen-bond donors (Lipinski definition) is 1. The van der Waals surface area contributed by atoms with Crippen molar-refractivity contribution >= 4 is 33.2 Å². The number of hydrogen-bond acceptors (Lipinski definition) is 3. The molecular formula is C18H19ClN2O3S. The number of nitrogens with one attached hydrogen (secondary N) is 1. The molecule has 132 valence electrons. The molecule has 7 heteroatoms. The summed E-state index contributed by atoms with van der Waals surface area (Å²) in [6, 6.07) is 11.3. The smallest absolute Gasteiger partial charge is 0.262 e. The number of halogens is 1. The first-order chi connectivity index (χ1) is 11.9. The van der Waals surface area contributed by atoms with Crippen LogP contribution in [0.1, 0.15) is 28.8 Å². The molecule has 1 amide bonds. The summed E-state index contributed by atoms with van der Waals surface area (Å²) in [5.41, 5.74) is 1.34. The van der Waals surface area contributed by atoms with Crippen LogP contribution in [0.3, 0.4) is 0 Å². The molecule has 1 heterocycles. The highest BCUT2D eigenvalue weighted by molar-refractivity contribution is 7.92. The molecule has 1 aliphatic heterocycles. The predicted octanol–water partition coefficient (Wildman–Crippen LogP) is 3.69. The zero-order valence-electron chi connectivity index (χ0n) is 13.8. The second kappa shape index (κ2) is 7.06. The number of benzene rings is 2. The molecule has 0 atom stereocenters. The number of carbonyl (C=O) groups is 1. The van der Waals surface area contributed by atoms with Crippen LogP contribution in [0.4, 0.5) is 5.69 Å². The van der Waals surface area contributed by atoms with Crippen molar-refractivity contribution in [3.05, 3.63) is 58.6 Å². The lowest BCUT2D eigenvalue weighted by Gasteiger charge is -2.17. The second-order valence-electron chi connectivity index (χ2n) is 6.10. The van der Waals surface area contributed by atoms with Gasteiger partial charge in [-0.15, -0.1) is 0 Å². The number of likely N-dealkylation sites (tertiary alicyclic amines) is 1. The second-order valence-corrected chi connectivity index (χ2v) is 8.18. The molecule has 0 radical (unpaired) electrons. The van der Waals surface area contributed by atoms with Crippen molar-refractivity contribution in [3.63, 3.8) is 0 Å². The molecule has 25 heavy (non-hydrogen) atoms. The van der Waals surface area contributed by atoms with Crippen LogP contribution >= 0.6 is 11.6 Å². The first-order valence-electron chi connectivity index (χ1n) is 8.05. The van der Waals surface area contributed by atoms with Gasteiger partial charge in [0, 0.05) is 23.7 Å². The summed E-state index contributed by atoms with van der Waals surface area (Å²) in [6.07, 6.45) is 1.97. The average Bonchev–Trinajstić information content (AvgIpc) is 3.08. The Hall–Kier alpha value is -2.05. The minimum Gasteiger partial charge on any atom is -0.339 e. The van der Waals surface area contributed by atoms with E-state index < -0.39 is 10.0 Å². The van der Waals surface area contributed by atoms with E-state index >= 15 is 0 Å². The lowest BCUT2D eigenvalue weighted by Crippen LogP contribution is -2.28. The summed E-state index contributed by atoms with van der Waals surface area (Å²) in [4.78, 5) is 14.4. The number of rotatable bonds is 4. The third kappa shape index (κ3) is 3.96. The van der Waals surface area contributed by atoms with E-state index in [1.165, 1.54) is 12.1 Å². The number of nitrogens with zero attached hydrogens (tertiary/aromatic N) is 1. The third-order valence-electron chi connectivity index (χ3n) is 4.19. The van der Waals surface area contributed by atoms with Crippen LogP contribution in [0.5, 0.6) is 0 Å². The zero-order chi connectivity index (χ0) is 18.0. The Morgan fingerprint density at radius 1 is 1.12 bits per heavy atom. The first kappa shape index (κ1) is 17.8. The van der Waals surface area contributed by atoms with Crippen LogP contribution in [-0.4, -0.2) is 32.3 Å². The Labute approximate surface area is 152 Å². The molecule has 5 nitrogen and oxygen atoms in total. The van der Waals surface area contributed by atoms with Crippen LogP contribution < -0.4 is 4.72 Å². The minimum absolute atomic E-state index is 0.0949. The van der Waals surface area contributed by atoms with Gasteiger partial charge in [0.2, 0.25) is 0 Å². The van der Waals surface area contributed by atoms with Gasteiger partial charge in [0.25, 0.3) is 15.9 Å². The molecule has 1 fully saturated rings. The van der Waals surface area contributed by atoms with Gasteiger partial charge in [-0.1, -0.05) is 23.7 Å². The quantitative estimate of drug-likeness (QED) is 0.882. The Bertz CT molecular complexity index is 906. The van der Waals surface area contributed by atoms with Gasteiger partial charge in [0.05, 0.1) is 10.6 Å². The maximum Gasteiger partial charge on any atom is 0.262 e. The Balaban J connectivity index is 1.92. The van der Waals surface area contributed by atoms with E-state index in [1.807, 2.05) is 0 Å². The van der Waals surface area contributed by atoms with E-state index in [0.29, 0.717) is 21.8 Å². The van der Waals surface area contributed by atoms with Crippen LogP contribution in [0, 0.1) is 6.92 Å². The molecule has 0 unspecified atom stereocenters. The van der Waals surface area contributed by atoms with Crippen molar-refractivity contribution in [1.29, 1.82) is 0 Å². The van der Waals surface area contributed by atoms with E-state index in [4.69, 9.17) is 11.6 Å². The molecule has 2 aromatic rings. The number of carbonyl (C=O) groups excluding carboxylic acids is 1. The number of sulfonamides is 1. The molecule has 0 aliphatic carbocycles. The van der Waals surface area contributed by atoms with Gasteiger partial charge in [-0.3, -0.25) is 9.52 Å². The largest absolute Gasteiger partial charge is 0.339 e. The van der Waals surface area contributed by atoms with E-state index in [1.54, 1.807) is 42.2 Å². The van der Waals surface area contributed by atoms with Gasteiger partial charge in [0.15, 0.2) is 0 Å². The fourth-order valence-electron chi connectivity index (χ4n) is 2.89. The molecule has 3 rings (SSSR count). The predicted molar refractivity (Wildman–Crippen MR) is 98.6 cm³/mol. The third-order valence-corrected chi connectivity index (χ3v) is 5.95. The van der Waals surface area contributed by atoms with Crippen LogP contribution in [0.15, 0.2) is 47.4 Å². The molecule has 1 saturated heterocycles. The number of amides is 1. The lowest BCUT2D eigenvalue weighted by molar-refractivity contribution is 0.0792. The normalized spacial score (nSPS) is 14.6. The fraction of sp³-hybridized carbons (Fsp3) is 0.278. The van der Waals surface area contributed by atoms with Crippen LogP contribution in [-0.2, 0) is 10.0 Å². The Morgan fingerprint density at radius 3 is 2.52 bits per heavy atom. The van der Waals surface area contributed by atoms with Crippen LogP contribution in [0.2, 0.25) is 5.02 Å².